The molecule has 3 heteroatoms. The monoisotopic (exact) mass is 381 g/mol. The van der Waals surface area contributed by atoms with Gasteiger partial charge in [-0.15, -0.1) is 0 Å². The van der Waals surface area contributed by atoms with Crippen molar-refractivity contribution in [2.75, 3.05) is 26.2 Å². The quantitative estimate of drug-likeness (QED) is 0.481. The van der Waals surface area contributed by atoms with E-state index in [4.69, 9.17) is 9.47 Å². The predicted molar refractivity (Wildman–Crippen MR) is 116 cm³/mol. The summed E-state index contributed by atoms with van der Waals surface area (Å²) in [7, 11) is 0. The first-order chi connectivity index (χ1) is 13.8. The summed E-state index contributed by atoms with van der Waals surface area (Å²) in [4.78, 5) is 2.63. The molecule has 0 N–H and O–H groups in total. The summed E-state index contributed by atoms with van der Waals surface area (Å²) in [5.74, 6) is 2.52. The van der Waals surface area contributed by atoms with E-state index >= 15 is 0 Å². The van der Waals surface area contributed by atoms with E-state index < -0.39 is 0 Å². The lowest BCUT2D eigenvalue weighted by Crippen LogP contribution is -2.30. The Morgan fingerprint density at radius 1 is 0.821 bits per heavy atom. The van der Waals surface area contributed by atoms with E-state index in [-0.39, 0.29) is 0 Å². The summed E-state index contributed by atoms with van der Waals surface area (Å²) in [6.07, 6.45) is 7.93. The Balaban J connectivity index is 1.27. The zero-order valence-corrected chi connectivity index (χ0v) is 17.3. The molecular weight excluding hydrogens is 346 g/mol. The maximum atomic E-state index is 5.92. The van der Waals surface area contributed by atoms with E-state index in [0.717, 1.165) is 30.4 Å². The van der Waals surface area contributed by atoms with Crippen molar-refractivity contribution in [2.24, 2.45) is 5.92 Å². The maximum Gasteiger partial charge on any atom is 0.120 e. The molecule has 2 aromatic carbocycles. The molecule has 1 atom stereocenters. The van der Waals surface area contributed by atoms with E-state index in [9.17, 15) is 0 Å². The summed E-state index contributed by atoms with van der Waals surface area (Å²) in [5.41, 5.74) is 1.18. The van der Waals surface area contributed by atoms with Crippen molar-refractivity contribution in [3.8, 4) is 11.5 Å². The molecule has 0 aliphatic carbocycles. The number of likely N-dealkylation sites (tertiary alicyclic amines) is 1. The number of benzene rings is 2. The highest BCUT2D eigenvalue weighted by Gasteiger charge is 2.10. The molecule has 3 nitrogen and oxygen atoms in total. The third kappa shape index (κ3) is 7.55. The Morgan fingerprint density at radius 3 is 2.21 bits per heavy atom. The summed E-state index contributed by atoms with van der Waals surface area (Å²) in [6.45, 7) is 7.62. The van der Waals surface area contributed by atoms with Gasteiger partial charge in [0, 0.05) is 0 Å². The van der Waals surface area contributed by atoms with Gasteiger partial charge in [-0.2, -0.15) is 0 Å². The fourth-order valence-corrected chi connectivity index (χ4v) is 3.74. The topological polar surface area (TPSA) is 21.7 Å². The molecule has 28 heavy (non-hydrogen) atoms. The number of hydrogen-bond donors (Lipinski definition) is 0. The smallest absolute Gasteiger partial charge is 0.120 e. The lowest BCUT2D eigenvalue weighted by molar-refractivity contribution is 0.216. The van der Waals surface area contributed by atoms with Crippen LogP contribution in [0.15, 0.2) is 54.6 Å². The lowest BCUT2D eigenvalue weighted by Gasteiger charge is -2.26. The van der Waals surface area contributed by atoms with Crippen LogP contribution in [0.1, 0.15) is 51.0 Å². The van der Waals surface area contributed by atoms with Gasteiger partial charge in [-0.1, -0.05) is 43.7 Å². The number of ether oxygens (including phenoxy) is 2. The van der Waals surface area contributed by atoms with Crippen LogP contribution in [0.4, 0.5) is 0 Å². The van der Waals surface area contributed by atoms with Gasteiger partial charge in [0.05, 0.1) is 6.61 Å². The van der Waals surface area contributed by atoms with Gasteiger partial charge in [-0.3, -0.25) is 0 Å². The number of nitrogens with zero attached hydrogens (tertiary/aromatic N) is 1. The van der Waals surface area contributed by atoms with Gasteiger partial charge in [0.1, 0.15) is 18.1 Å². The molecule has 1 aliphatic rings. The average Bonchev–Trinajstić information content (AvgIpc) is 2.75. The second kappa shape index (κ2) is 11.8. The lowest BCUT2D eigenvalue weighted by atomic mass is 10.0. The molecule has 2 aromatic rings. The zero-order valence-electron chi connectivity index (χ0n) is 17.3. The fraction of sp³-hybridized carbons (Fsp3) is 0.520. The molecule has 0 amide bonds. The molecule has 0 aromatic heterocycles. The van der Waals surface area contributed by atoms with Crippen LogP contribution in [0.5, 0.6) is 11.5 Å². The molecule has 3 rings (SSSR count). The minimum Gasteiger partial charge on any atom is -0.494 e. The summed E-state index contributed by atoms with van der Waals surface area (Å²) in [5, 5.41) is 0. The molecule has 0 spiro atoms. The van der Waals surface area contributed by atoms with Crippen LogP contribution in [0.25, 0.3) is 0 Å². The molecule has 1 unspecified atom stereocenters. The van der Waals surface area contributed by atoms with E-state index in [0.29, 0.717) is 6.61 Å². The molecule has 0 bridgehead atoms. The van der Waals surface area contributed by atoms with Gasteiger partial charge >= 0.3 is 0 Å². The third-order valence-corrected chi connectivity index (χ3v) is 5.57. The number of rotatable bonds is 11. The van der Waals surface area contributed by atoms with Crippen LogP contribution >= 0.6 is 0 Å². The van der Waals surface area contributed by atoms with Crippen LogP contribution in [0, 0.1) is 5.92 Å². The Bertz CT molecular complexity index is 650. The Morgan fingerprint density at radius 2 is 1.50 bits per heavy atom. The van der Waals surface area contributed by atoms with Gasteiger partial charge in [0.2, 0.25) is 0 Å². The van der Waals surface area contributed by atoms with Crippen LogP contribution in [-0.4, -0.2) is 31.1 Å². The first-order valence-corrected chi connectivity index (χ1v) is 10.9. The first kappa shape index (κ1) is 20.7. The van der Waals surface area contributed by atoms with E-state index in [1.807, 2.05) is 42.5 Å². The van der Waals surface area contributed by atoms with Crippen molar-refractivity contribution in [3.05, 3.63) is 60.2 Å². The molecular formula is C25H35NO2. The number of hydrogen-bond acceptors (Lipinski definition) is 3. The van der Waals surface area contributed by atoms with E-state index in [1.54, 1.807) is 0 Å². The van der Waals surface area contributed by atoms with Gasteiger partial charge < -0.3 is 14.4 Å². The molecule has 1 heterocycles. The molecule has 1 saturated heterocycles. The van der Waals surface area contributed by atoms with E-state index in [1.165, 1.54) is 57.3 Å². The SMILES string of the molecule is CC(CCCN1CCCCC1)CCOc1ccc(OCc2ccccc2)cc1. The predicted octanol–water partition coefficient (Wildman–Crippen LogP) is 5.94. The molecule has 0 radical (unpaired) electrons. The van der Waals surface area contributed by atoms with Crippen LogP contribution in [0.3, 0.4) is 0 Å². The van der Waals surface area contributed by atoms with Crippen molar-refractivity contribution in [3.63, 3.8) is 0 Å². The second-order valence-electron chi connectivity index (χ2n) is 8.03. The summed E-state index contributed by atoms with van der Waals surface area (Å²) < 4.78 is 11.7. The minimum atomic E-state index is 0.593. The molecule has 1 aliphatic heterocycles. The Kier molecular flexibility index (Phi) is 8.70. The summed E-state index contributed by atoms with van der Waals surface area (Å²) >= 11 is 0. The van der Waals surface area contributed by atoms with Crippen molar-refractivity contribution >= 4 is 0 Å². The van der Waals surface area contributed by atoms with E-state index in [2.05, 4.69) is 24.0 Å². The highest BCUT2D eigenvalue weighted by atomic mass is 16.5. The Labute approximate surface area is 170 Å². The van der Waals surface area contributed by atoms with Gasteiger partial charge in [-0.25, -0.2) is 0 Å². The average molecular weight is 382 g/mol. The van der Waals surface area contributed by atoms with Crippen LogP contribution in [0.2, 0.25) is 0 Å². The van der Waals surface area contributed by atoms with Crippen molar-refractivity contribution in [1.82, 2.24) is 4.90 Å². The van der Waals surface area contributed by atoms with Crippen molar-refractivity contribution < 1.29 is 9.47 Å². The maximum absolute atomic E-state index is 5.92. The highest BCUT2D eigenvalue weighted by Crippen LogP contribution is 2.20. The third-order valence-electron chi connectivity index (χ3n) is 5.57. The summed E-state index contributed by atoms with van der Waals surface area (Å²) in [6, 6.07) is 18.2. The second-order valence-corrected chi connectivity index (χ2v) is 8.03. The Hall–Kier alpha value is -2.00. The minimum absolute atomic E-state index is 0.593. The molecule has 1 fully saturated rings. The first-order valence-electron chi connectivity index (χ1n) is 10.9. The van der Waals surface area contributed by atoms with Gasteiger partial charge in [0.15, 0.2) is 0 Å². The van der Waals surface area contributed by atoms with Crippen LogP contribution in [-0.2, 0) is 6.61 Å². The molecule has 0 saturated carbocycles. The fourth-order valence-electron chi connectivity index (χ4n) is 3.74. The number of piperidine rings is 1. The van der Waals surface area contributed by atoms with Crippen LogP contribution < -0.4 is 9.47 Å². The molecule has 152 valence electrons. The highest BCUT2D eigenvalue weighted by molar-refractivity contribution is 5.31. The van der Waals surface area contributed by atoms with Crippen molar-refractivity contribution in [1.29, 1.82) is 0 Å². The largest absolute Gasteiger partial charge is 0.494 e. The van der Waals surface area contributed by atoms with Crippen molar-refractivity contribution in [2.45, 2.75) is 52.1 Å². The zero-order chi connectivity index (χ0) is 19.4. The van der Waals surface area contributed by atoms with Gasteiger partial charge in [0.25, 0.3) is 0 Å². The standard InChI is InChI=1S/C25H35NO2/c1-22(9-8-19-26-17-6-3-7-18-26)16-20-27-24-12-14-25(15-13-24)28-21-23-10-4-2-5-11-23/h2,4-5,10-15,22H,3,6-9,16-21H2,1H3. The van der Waals surface area contributed by atoms with Gasteiger partial charge in [-0.05, 0) is 87.5 Å². The normalized spacial score (nSPS) is 15.9.